The van der Waals surface area contributed by atoms with E-state index in [2.05, 4.69) is 10.6 Å². The van der Waals surface area contributed by atoms with Gasteiger partial charge in [-0.3, -0.25) is 9.59 Å². The predicted octanol–water partition coefficient (Wildman–Crippen LogP) is 3.27. The van der Waals surface area contributed by atoms with Gasteiger partial charge < -0.3 is 15.4 Å². The van der Waals surface area contributed by atoms with Gasteiger partial charge in [0, 0.05) is 24.7 Å². The molecule has 0 saturated carbocycles. The Bertz CT molecular complexity index is 1110. The van der Waals surface area contributed by atoms with Crippen LogP contribution in [0.4, 0.5) is 5.69 Å². The van der Waals surface area contributed by atoms with E-state index in [1.54, 1.807) is 30.3 Å². The summed E-state index contributed by atoms with van der Waals surface area (Å²) < 4.78 is 33.4. The molecule has 1 fully saturated rings. The molecule has 178 valence electrons. The number of nitrogens with one attached hydrogen (secondary N) is 2. The maximum absolute atomic E-state index is 13.2. The van der Waals surface area contributed by atoms with E-state index in [0.717, 1.165) is 6.42 Å². The van der Waals surface area contributed by atoms with Crippen LogP contribution in [0, 0.1) is 0 Å². The lowest BCUT2D eigenvalue weighted by atomic mass is 10.1. The number of hydrogen-bond donors (Lipinski definition) is 2. The zero-order valence-corrected chi connectivity index (χ0v) is 20.2. The summed E-state index contributed by atoms with van der Waals surface area (Å²) in [6.07, 6.45) is 0.351. The van der Waals surface area contributed by atoms with Crippen LogP contribution in [0.15, 0.2) is 53.4 Å². The van der Waals surface area contributed by atoms with Gasteiger partial charge in [-0.05, 0) is 57.5 Å². The Morgan fingerprint density at radius 2 is 1.73 bits per heavy atom. The van der Waals surface area contributed by atoms with Crippen LogP contribution in [-0.2, 0) is 14.8 Å². The van der Waals surface area contributed by atoms with Gasteiger partial charge in [-0.15, -0.1) is 0 Å². The number of anilines is 1. The summed E-state index contributed by atoms with van der Waals surface area (Å²) in [5, 5.41) is 5.63. The average molecular weight is 474 g/mol. The monoisotopic (exact) mass is 473 g/mol. The number of amides is 2. The van der Waals surface area contributed by atoms with Crippen molar-refractivity contribution in [2.24, 2.45) is 0 Å². The summed E-state index contributed by atoms with van der Waals surface area (Å²) in [5.74, 6) is -0.785. The highest BCUT2D eigenvalue weighted by Crippen LogP contribution is 2.23. The van der Waals surface area contributed by atoms with Crippen molar-refractivity contribution in [3.05, 3.63) is 59.7 Å². The van der Waals surface area contributed by atoms with Crippen LogP contribution < -0.4 is 10.6 Å². The van der Waals surface area contributed by atoms with Crippen molar-refractivity contribution >= 4 is 27.5 Å². The minimum atomic E-state index is -3.79. The molecule has 2 aromatic rings. The van der Waals surface area contributed by atoms with Crippen molar-refractivity contribution in [1.82, 2.24) is 9.62 Å². The molecule has 9 heteroatoms. The average Bonchev–Trinajstić information content (AvgIpc) is 2.78. The van der Waals surface area contributed by atoms with E-state index in [9.17, 15) is 18.0 Å². The second-order valence-corrected chi connectivity index (χ2v) is 10.3. The Morgan fingerprint density at radius 1 is 1.06 bits per heavy atom. The standard InChI is InChI=1S/C24H31N3O5S/c1-5-16(2)25-24(29)21-11-6-7-12-22(21)26-23(28)19-9-8-10-20(13-19)33(30,31)27-14-17(3)32-18(4)15-27/h6-13,16-18H,5,14-15H2,1-4H3,(H,25,29)(H,26,28). The van der Waals surface area contributed by atoms with Gasteiger partial charge in [0.05, 0.1) is 28.4 Å². The molecule has 2 aromatic carbocycles. The number of ether oxygens (including phenoxy) is 1. The van der Waals surface area contributed by atoms with Crippen LogP contribution in [0.3, 0.4) is 0 Å². The first-order chi connectivity index (χ1) is 15.6. The molecule has 33 heavy (non-hydrogen) atoms. The highest BCUT2D eigenvalue weighted by atomic mass is 32.2. The quantitative estimate of drug-likeness (QED) is 0.642. The van der Waals surface area contributed by atoms with Crippen molar-refractivity contribution in [2.75, 3.05) is 18.4 Å². The zero-order valence-electron chi connectivity index (χ0n) is 19.4. The van der Waals surface area contributed by atoms with Gasteiger partial charge in [0.1, 0.15) is 0 Å². The minimum absolute atomic E-state index is 0.00577. The van der Waals surface area contributed by atoms with Crippen LogP contribution in [0.25, 0.3) is 0 Å². The van der Waals surface area contributed by atoms with Crippen molar-refractivity contribution in [3.8, 4) is 0 Å². The van der Waals surface area contributed by atoms with Crippen molar-refractivity contribution in [3.63, 3.8) is 0 Å². The first kappa shape index (κ1) is 24.9. The number of nitrogens with zero attached hydrogens (tertiary/aromatic N) is 1. The maximum Gasteiger partial charge on any atom is 0.255 e. The molecule has 0 spiro atoms. The smallest absolute Gasteiger partial charge is 0.255 e. The predicted molar refractivity (Wildman–Crippen MR) is 127 cm³/mol. The third kappa shape index (κ3) is 5.98. The number of carbonyl (C=O) groups excluding carboxylic acids is 2. The van der Waals surface area contributed by atoms with E-state index >= 15 is 0 Å². The van der Waals surface area contributed by atoms with E-state index in [1.165, 1.54) is 22.5 Å². The summed E-state index contributed by atoms with van der Waals surface area (Å²) in [6.45, 7) is 8.04. The Balaban J connectivity index is 1.82. The molecule has 2 N–H and O–H groups in total. The second kappa shape index (κ2) is 10.5. The van der Waals surface area contributed by atoms with Gasteiger partial charge >= 0.3 is 0 Å². The zero-order chi connectivity index (χ0) is 24.2. The van der Waals surface area contributed by atoms with Crippen molar-refractivity contribution in [1.29, 1.82) is 0 Å². The van der Waals surface area contributed by atoms with Crippen LogP contribution >= 0.6 is 0 Å². The molecule has 1 heterocycles. The van der Waals surface area contributed by atoms with Crippen LogP contribution in [0.2, 0.25) is 0 Å². The molecule has 8 nitrogen and oxygen atoms in total. The maximum atomic E-state index is 13.2. The molecular formula is C24H31N3O5S. The Morgan fingerprint density at radius 3 is 2.39 bits per heavy atom. The topological polar surface area (TPSA) is 105 Å². The SMILES string of the molecule is CCC(C)NC(=O)c1ccccc1NC(=O)c1cccc(S(=O)(=O)N2CC(C)OC(C)C2)c1. The minimum Gasteiger partial charge on any atom is -0.373 e. The number of para-hydroxylation sites is 1. The van der Waals surface area contributed by atoms with E-state index in [4.69, 9.17) is 4.74 Å². The number of sulfonamides is 1. The molecule has 2 amide bonds. The normalized spacial score (nSPS) is 20.1. The molecule has 0 aromatic heterocycles. The van der Waals surface area contributed by atoms with Gasteiger partial charge in [0.25, 0.3) is 11.8 Å². The van der Waals surface area contributed by atoms with Crippen molar-refractivity contribution < 1.29 is 22.7 Å². The fourth-order valence-electron chi connectivity index (χ4n) is 3.66. The van der Waals surface area contributed by atoms with Gasteiger partial charge in [0.15, 0.2) is 0 Å². The van der Waals surface area contributed by atoms with Gasteiger partial charge in [0.2, 0.25) is 10.0 Å². The lowest BCUT2D eigenvalue weighted by Gasteiger charge is -2.34. The number of morpholine rings is 1. The fourth-order valence-corrected chi connectivity index (χ4v) is 5.30. The lowest BCUT2D eigenvalue weighted by molar-refractivity contribution is -0.0440. The summed E-state index contributed by atoms with van der Waals surface area (Å²) in [7, 11) is -3.79. The van der Waals surface area contributed by atoms with Crippen LogP contribution in [0.5, 0.6) is 0 Å². The molecule has 3 atom stereocenters. The van der Waals surface area contributed by atoms with E-state index in [-0.39, 0.29) is 47.7 Å². The molecule has 0 radical (unpaired) electrons. The third-order valence-corrected chi connectivity index (χ3v) is 7.36. The number of hydrogen-bond acceptors (Lipinski definition) is 5. The van der Waals surface area contributed by atoms with Gasteiger partial charge in [-0.1, -0.05) is 25.1 Å². The lowest BCUT2D eigenvalue weighted by Crippen LogP contribution is -2.48. The largest absolute Gasteiger partial charge is 0.373 e. The molecule has 1 aliphatic rings. The molecule has 3 rings (SSSR count). The molecule has 1 aliphatic heterocycles. The molecule has 0 bridgehead atoms. The summed E-state index contributed by atoms with van der Waals surface area (Å²) in [6, 6.07) is 12.6. The third-order valence-electron chi connectivity index (χ3n) is 5.53. The highest BCUT2D eigenvalue weighted by molar-refractivity contribution is 7.89. The van der Waals surface area contributed by atoms with E-state index in [1.807, 2.05) is 27.7 Å². The summed E-state index contributed by atoms with van der Waals surface area (Å²) >= 11 is 0. The fraction of sp³-hybridized carbons (Fsp3) is 0.417. The molecule has 1 saturated heterocycles. The summed E-state index contributed by atoms with van der Waals surface area (Å²) in [5.41, 5.74) is 0.876. The molecule has 0 aliphatic carbocycles. The first-order valence-corrected chi connectivity index (χ1v) is 12.5. The Kier molecular flexibility index (Phi) is 7.88. The van der Waals surface area contributed by atoms with Crippen LogP contribution in [0.1, 0.15) is 54.8 Å². The number of benzene rings is 2. The molecule has 3 unspecified atom stereocenters. The van der Waals surface area contributed by atoms with Gasteiger partial charge in [-0.2, -0.15) is 4.31 Å². The van der Waals surface area contributed by atoms with E-state index in [0.29, 0.717) is 11.3 Å². The van der Waals surface area contributed by atoms with Crippen LogP contribution in [-0.4, -0.2) is 55.9 Å². The first-order valence-electron chi connectivity index (χ1n) is 11.1. The van der Waals surface area contributed by atoms with Crippen molar-refractivity contribution in [2.45, 2.75) is 57.3 Å². The highest BCUT2D eigenvalue weighted by Gasteiger charge is 2.32. The Hall–Kier alpha value is -2.75. The van der Waals surface area contributed by atoms with E-state index < -0.39 is 15.9 Å². The Labute approximate surface area is 195 Å². The van der Waals surface area contributed by atoms with Gasteiger partial charge in [-0.25, -0.2) is 8.42 Å². The number of rotatable bonds is 7. The molecular weight excluding hydrogens is 442 g/mol. The summed E-state index contributed by atoms with van der Waals surface area (Å²) in [4.78, 5) is 25.6. The number of carbonyl (C=O) groups is 2. The second-order valence-electron chi connectivity index (χ2n) is 8.39.